The minimum absolute atomic E-state index is 0.684. The summed E-state index contributed by atoms with van der Waals surface area (Å²) in [4.78, 5) is 0. The highest BCUT2D eigenvalue weighted by molar-refractivity contribution is 5.26. The molecule has 1 aromatic rings. The topological polar surface area (TPSA) is 23.8 Å². The molecule has 2 rings (SSSR count). The average Bonchev–Trinajstić information content (AvgIpc) is 2.53. The molecule has 1 aliphatic carbocycles. The van der Waals surface area contributed by atoms with Gasteiger partial charge in [0.2, 0.25) is 0 Å². The van der Waals surface area contributed by atoms with Crippen molar-refractivity contribution < 1.29 is 0 Å². The van der Waals surface area contributed by atoms with Crippen molar-refractivity contribution in [2.45, 2.75) is 51.4 Å². The van der Waals surface area contributed by atoms with E-state index in [-0.39, 0.29) is 0 Å². The SMILES string of the molecule is CCCc1ccc([C@H]2CC[C@H](/C=C/C=C/C#N)CC2)cc1. The van der Waals surface area contributed by atoms with Crippen LogP contribution < -0.4 is 0 Å². The number of rotatable bonds is 5. The highest BCUT2D eigenvalue weighted by Crippen LogP contribution is 2.36. The zero-order chi connectivity index (χ0) is 14.9. The van der Waals surface area contributed by atoms with Crippen LogP contribution in [0.15, 0.2) is 48.6 Å². The Kier molecular flexibility index (Phi) is 6.28. The van der Waals surface area contributed by atoms with Crippen LogP contribution in [0.5, 0.6) is 0 Å². The molecule has 0 bridgehead atoms. The number of aryl methyl sites for hydroxylation is 1. The highest BCUT2D eigenvalue weighted by atomic mass is 14.3. The van der Waals surface area contributed by atoms with E-state index < -0.39 is 0 Å². The number of nitriles is 1. The summed E-state index contributed by atoms with van der Waals surface area (Å²) in [5, 5.41) is 8.45. The first kappa shape index (κ1) is 15.6. The average molecular weight is 279 g/mol. The van der Waals surface area contributed by atoms with Gasteiger partial charge in [-0.05, 0) is 55.1 Å². The second-order valence-corrected chi connectivity index (χ2v) is 5.98. The van der Waals surface area contributed by atoms with Crippen LogP contribution in [0, 0.1) is 17.2 Å². The first-order chi connectivity index (χ1) is 10.3. The fourth-order valence-electron chi connectivity index (χ4n) is 3.21. The Morgan fingerprint density at radius 2 is 1.81 bits per heavy atom. The minimum Gasteiger partial charge on any atom is -0.193 e. The minimum atomic E-state index is 0.684. The molecule has 0 aromatic heterocycles. The van der Waals surface area contributed by atoms with Gasteiger partial charge in [-0.1, -0.05) is 55.8 Å². The molecule has 110 valence electrons. The van der Waals surface area contributed by atoms with Crippen molar-refractivity contribution in [3.05, 3.63) is 59.7 Å². The Morgan fingerprint density at radius 1 is 1.10 bits per heavy atom. The predicted octanol–water partition coefficient (Wildman–Crippen LogP) is 5.55. The lowest BCUT2D eigenvalue weighted by atomic mass is 9.78. The van der Waals surface area contributed by atoms with E-state index in [2.05, 4.69) is 37.3 Å². The Bertz CT molecular complexity index is 508. The summed E-state index contributed by atoms with van der Waals surface area (Å²) < 4.78 is 0. The third-order valence-electron chi connectivity index (χ3n) is 4.43. The van der Waals surface area contributed by atoms with Crippen molar-refractivity contribution in [3.8, 4) is 6.07 Å². The van der Waals surface area contributed by atoms with Crippen molar-refractivity contribution in [1.82, 2.24) is 0 Å². The molecule has 21 heavy (non-hydrogen) atoms. The summed E-state index contributed by atoms with van der Waals surface area (Å²) in [6, 6.07) is 11.3. The zero-order valence-electron chi connectivity index (χ0n) is 13.0. The monoisotopic (exact) mass is 279 g/mol. The summed E-state index contributed by atoms with van der Waals surface area (Å²) in [5.74, 6) is 1.42. The van der Waals surface area contributed by atoms with E-state index in [1.807, 2.05) is 18.2 Å². The molecule has 1 fully saturated rings. The predicted molar refractivity (Wildman–Crippen MR) is 89.0 cm³/mol. The summed E-state index contributed by atoms with van der Waals surface area (Å²) in [6.07, 6.45) is 15.1. The summed E-state index contributed by atoms with van der Waals surface area (Å²) >= 11 is 0. The molecule has 0 aliphatic heterocycles. The highest BCUT2D eigenvalue weighted by Gasteiger charge is 2.20. The van der Waals surface area contributed by atoms with Crippen LogP contribution in [0.25, 0.3) is 0 Å². The Morgan fingerprint density at radius 3 is 2.43 bits per heavy atom. The summed E-state index contributed by atoms with van der Waals surface area (Å²) in [7, 11) is 0. The first-order valence-corrected chi connectivity index (χ1v) is 8.15. The van der Waals surface area contributed by atoms with Crippen molar-refractivity contribution in [3.63, 3.8) is 0 Å². The maximum Gasteiger partial charge on any atom is 0.0912 e. The Labute approximate surface area is 129 Å². The van der Waals surface area contributed by atoms with E-state index in [1.54, 1.807) is 0 Å². The molecule has 1 aliphatic rings. The van der Waals surface area contributed by atoms with E-state index in [0.717, 1.165) is 5.92 Å². The largest absolute Gasteiger partial charge is 0.193 e. The van der Waals surface area contributed by atoms with Crippen LogP contribution >= 0.6 is 0 Å². The van der Waals surface area contributed by atoms with E-state index in [4.69, 9.17) is 5.26 Å². The molecule has 0 atom stereocenters. The fraction of sp³-hybridized carbons (Fsp3) is 0.450. The zero-order valence-corrected chi connectivity index (χ0v) is 13.0. The van der Waals surface area contributed by atoms with Gasteiger partial charge >= 0.3 is 0 Å². The van der Waals surface area contributed by atoms with E-state index in [9.17, 15) is 0 Å². The lowest BCUT2D eigenvalue weighted by Gasteiger charge is -2.27. The second-order valence-electron chi connectivity index (χ2n) is 5.98. The molecule has 1 saturated carbocycles. The van der Waals surface area contributed by atoms with Gasteiger partial charge in [-0.25, -0.2) is 0 Å². The third kappa shape index (κ3) is 4.90. The van der Waals surface area contributed by atoms with Crippen LogP contribution in [0.4, 0.5) is 0 Å². The van der Waals surface area contributed by atoms with Crippen LogP contribution in [-0.4, -0.2) is 0 Å². The molecule has 0 saturated heterocycles. The van der Waals surface area contributed by atoms with Crippen LogP contribution in [0.2, 0.25) is 0 Å². The fourth-order valence-corrected chi connectivity index (χ4v) is 3.21. The van der Waals surface area contributed by atoms with Crippen LogP contribution in [-0.2, 0) is 6.42 Å². The van der Waals surface area contributed by atoms with Crippen molar-refractivity contribution in [1.29, 1.82) is 5.26 Å². The van der Waals surface area contributed by atoms with Gasteiger partial charge < -0.3 is 0 Å². The van der Waals surface area contributed by atoms with Crippen molar-refractivity contribution in [2.24, 2.45) is 5.92 Å². The Balaban J connectivity index is 1.84. The molecule has 0 N–H and O–H groups in total. The molecule has 0 radical (unpaired) electrons. The molecule has 0 amide bonds. The molecule has 0 unspecified atom stereocenters. The number of allylic oxidation sites excluding steroid dienone is 4. The van der Waals surface area contributed by atoms with Crippen LogP contribution in [0.1, 0.15) is 56.1 Å². The molecule has 1 aromatic carbocycles. The van der Waals surface area contributed by atoms with Gasteiger partial charge in [0.15, 0.2) is 0 Å². The lowest BCUT2D eigenvalue weighted by Crippen LogP contribution is -2.11. The quantitative estimate of drug-likeness (QED) is 0.512. The molecule has 0 heterocycles. The summed E-state index contributed by atoms with van der Waals surface area (Å²) in [5.41, 5.74) is 2.98. The van der Waals surface area contributed by atoms with Gasteiger partial charge in [0, 0.05) is 6.08 Å². The summed E-state index contributed by atoms with van der Waals surface area (Å²) in [6.45, 7) is 2.23. The van der Waals surface area contributed by atoms with Crippen molar-refractivity contribution in [2.75, 3.05) is 0 Å². The van der Waals surface area contributed by atoms with Gasteiger partial charge in [0.05, 0.1) is 6.07 Å². The third-order valence-corrected chi connectivity index (χ3v) is 4.43. The maximum absolute atomic E-state index is 8.45. The molecule has 1 heteroatoms. The number of nitrogens with zero attached hydrogens (tertiary/aromatic N) is 1. The number of hydrogen-bond donors (Lipinski definition) is 0. The second kappa shape index (κ2) is 8.47. The molecule has 0 spiro atoms. The Hall–Kier alpha value is -1.81. The van der Waals surface area contributed by atoms with Gasteiger partial charge in [-0.2, -0.15) is 5.26 Å². The van der Waals surface area contributed by atoms with Gasteiger partial charge in [-0.15, -0.1) is 0 Å². The first-order valence-electron chi connectivity index (χ1n) is 8.15. The van der Waals surface area contributed by atoms with Crippen LogP contribution in [0.3, 0.4) is 0 Å². The molecule has 1 nitrogen and oxygen atoms in total. The standard InChI is InChI=1S/C20H25N/c1-2-6-17-8-12-19(13-9-17)20-14-10-18(11-15-20)7-4-3-5-16-21/h3-5,7-9,12-13,18,20H,2,6,10-11,14-15H2,1H3/b5-3+,7-4+/t18-,20-. The molecular formula is C20H25N. The lowest BCUT2D eigenvalue weighted by molar-refractivity contribution is 0.376. The van der Waals surface area contributed by atoms with Gasteiger partial charge in [0.25, 0.3) is 0 Å². The van der Waals surface area contributed by atoms with E-state index >= 15 is 0 Å². The number of benzene rings is 1. The normalized spacial score (nSPS) is 22.7. The maximum atomic E-state index is 8.45. The number of hydrogen-bond acceptors (Lipinski definition) is 1. The van der Waals surface area contributed by atoms with E-state index in [0.29, 0.717) is 5.92 Å². The van der Waals surface area contributed by atoms with Crippen molar-refractivity contribution >= 4 is 0 Å². The van der Waals surface area contributed by atoms with Gasteiger partial charge in [-0.3, -0.25) is 0 Å². The smallest absolute Gasteiger partial charge is 0.0912 e. The van der Waals surface area contributed by atoms with Gasteiger partial charge in [0.1, 0.15) is 0 Å². The molecular weight excluding hydrogens is 254 g/mol. The van der Waals surface area contributed by atoms with E-state index in [1.165, 1.54) is 55.7 Å².